The molecule has 1 unspecified atom stereocenters. The SMILES string of the molecule is COc1cc(C(=O)C(C)CC(=O)O)c(OC)cc1C. The first-order valence-corrected chi connectivity index (χ1v) is 5.89. The van der Waals surface area contributed by atoms with Crippen molar-refractivity contribution >= 4 is 11.8 Å². The average molecular weight is 266 g/mol. The zero-order chi connectivity index (χ0) is 14.6. The van der Waals surface area contributed by atoms with Crippen molar-refractivity contribution < 1.29 is 24.2 Å². The fraction of sp³-hybridized carbons (Fsp3) is 0.429. The molecule has 0 saturated heterocycles. The Hall–Kier alpha value is -2.04. The molecule has 0 aliphatic heterocycles. The number of carboxylic acid groups (broad SMARTS) is 1. The molecule has 5 heteroatoms. The maximum Gasteiger partial charge on any atom is 0.304 e. The van der Waals surface area contributed by atoms with Gasteiger partial charge in [-0.25, -0.2) is 0 Å². The molecule has 1 atom stereocenters. The van der Waals surface area contributed by atoms with E-state index >= 15 is 0 Å². The molecule has 0 heterocycles. The summed E-state index contributed by atoms with van der Waals surface area (Å²) in [5.74, 6) is -0.873. The highest BCUT2D eigenvalue weighted by Gasteiger charge is 2.22. The van der Waals surface area contributed by atoms with Crippen molar-refractivity contribution in [2.75, 3.05) is 14.2 Å². The molecular formula is C14H18O5. The molecule has 0 saturated carbocycles. The number of benzene rings is 1. The number of Topliss-reactive ketones (excluding diaryl/α,β-unsaturated/α-hetero) is 1. The highest BCUT2D eigenvalue weighted by molar-refractivity contribution is 6.01. The molecule has 1 aromatic carbocycles. The Labute approximate surface area is 112 Å². The van der Waals surface area contributed by atoms with Crippen molar-refractivity contribution in [3.05, 3.63) is 23.3 Å². The number of hydrogen-bond donors (Lipinski definition) is 1. The predicted molar refractivity (Wildman–Crippen MR) is 70.0 cm³/mol. The van der Waals surface area contributed by atoms with Gasteiger partial charge < -0.3 is 14.6 Å². The largest absolute Gasteiger partial charge is 0.496 e. The van der Waals surface area contributed by atoms with Gasteiger partial charge in [0.1, 0.15) is 11.5 Å². The summed E-state index contributed by atoms with van der Waals surface area (Å²) in [6, 6.07) is 3.30. The standard InChI is InChI=1S/C14H18O5/c1-8-5-12(19-4)10(7-11(8)18-3)14(17)9(2)6-13(15)16/h5,7,9H,6H2,1-4H3,(H,15,16). The van der Waals surface area contributed by atoms with E-state index in [2.05, 4.69) is 0 Å². The van der Waals surface area contributed by atoms with E-state index in [-0.39, 0.29) is 12.2 Å². The topological polar surface area (TPSA) is 72.8 Å². The van der Waals surface area contributed by atoms with E-state index in [9.17, 15) is 9.59 Å². The Morgan fingerprint density at radius 2 is 1.79 bits per heavy atom. The summed E-state index contributed by atoms with van der Waals surface area (Å²) in [4.78, 5) is 22.9. The van der Waals surface area contributed by atoms with Crippen LogP contribution in [0.3, 0.4) is 0 Å². The van der Waals surface area contributed by atoms with E-state index in [0.717, 1.165) is 5.56 Å². The smallest absolute Gasteiger partial charge is 0.304 e. The normalized spacial score (nSPS) is 11.8. The van der Waals surface area contributed by atoms with Crippen LogP contribution in [0.15, 0.2) is 12.1 Å². The van der Waals surface area contributed by atoms with Gasteiger partial charge in [-0.15, -0.1) is 0 Å². The van der Waals surface area contributed by atoms with Crippen LogP contribution in [0.1, 0.15) is 29.3 Å². The summed E-state index contributed by atoms with van der Waals surface area (Å²) < 4.78 is 10.4. The summed E-state index contributed by atoms with van der Waals surface area (Å²) >= 11 is 0. The van der Waals surface area contributed by atoms with Crippen molar-refractivity contribution in [2.24, 2.45) is 5.92 Å². The van der Waals surface area contributed by atoms with Crippen molar-refractivity contribution in [1.82, 2.24) is 0 Å². The molecule has 0 aromatic heterocycles. The molecule has 1 aromatic rings. The van der Waals surface area contributed by atoms with E-state index in [0.29, 0.717) is 17.1 Å². The quantitative estimate of drug-likeness (QED) is 0.800. The molecule has 0 aliphatic rings. The minimum absolute atomic E-state index is 0.210. The Morgan fingerprint density at radius 3 is 2.26 bits per heavy atom. The number of aliphatic carboxylic acids is 1. The van der Waals surface area contributed by atoms with Crippen LogP contribution in [0.4, 0.5) is 0 Å². The summed E-state index contributed by atoms with van der Waals surface area (Å²) in [5.41, 5.74) is 1.19. The van der Waals surface area contributed by atoms with E-state index in [1.54, 1.807) is 19.1 Å². The van der Waals surface area contributed by atoms with Crippen LogP contribution >= 0.6 is 0 Å². The zero-order valence-electron chi connectivity index (χ0n) is 11.5. The first kappa shape index (κ1) is 15.0. The fourth-order valence-corrected chi connectivity index (χ4v) is 1.86. The third-order valence-electron chi connectivity index (χ3n) is 2.91. The van der Waals surface area contributed by atoms with Gasteiger partial charge >= 0.3 is 5.97 Å². The lowest BCUT2D eigenvalue weighted by molar-refractivity contribution is -0.137. The third kappa shape index (κ3) is 3.47. The second-order valence-corrected chi connectivity index (χ2v) is 4.39. The van der Waals surface area contributed by atoms with Crippen LogP contribution in [0.2, 0.25) is 0 Å². The van der Waals surface area contributed by atoms with E-state index in [1.165, 1.54) is 14.2 Å². The van der Waals surface area contributed by atoms with Gasteiger partial charge in [0.15, 0.2) is 5.78 Å². The van der Waals surface area contributed by atoms with Gasteiger partial charge in [-0.05, 0) is 24.6 Å². The Balaban J connectivity index is 3.17. The van der Waals surface area contributed by atoms with Gasteiger partial charge in [0, 0.05) is 5.92 Å². The van der Waals surface area contributed by atoms with Crippen LogP contribution in [0.25, 0.3) is 0 Å². The van der Waals surface area contributed by atoms with Gasteiger partial charge in [-0.1, -0.05) is 6.92 Å². The van der Waals surface area contributed by atoms with Gasteiger partial charge in [-0.2, -0.15) is 0 Å². The lowest BCUT2D eigenvalue weighted by Gasteiger charge is -2.14. The first-order valence-electron chi connectivity index (χ1n) is 5.89. The molecule has 1 rings (SSSR count). The maximum atomic E-state index is 12.2. The predicted octanol–water partition coefficient (Wildman–Crippen LogP) is 2.31. The number of methoxy groups -OCH3 is 2. The highest BCUT2D eigenvalue weighted by Crippen LogP contribution is 2.30. The summed E-state index contributed by atoms with van der Waals surface area (Å²) in [7, 11) is 2.99. The van der Waals surface area contributed by atoms with Gasteiger partial charge in [0.05, 0.1) is 26.2 Å². The molecule has 0 spiro atoms. The Morgan fingerprint density at radius 1 is 1.21 bits per heavy atom. The minimum atomic E-state index is -1.00. The van der Waals surface area contributed by atoms with Crippen molar-refractivity contribution in [1.29, 1.82) is 0 Å². The molecule has 0 aliphatic carbocycles. The molecule has 0 radical (unpaired) electrons. The Bertz CT molecular complexity index is 493. The number of carboxylic acids is 1. The molecule has 0 fully saturated rings. The van der Waals surface area contributed by atoms with Gasteiger partial charge in [0.25, 0.3) is 0 Å². The maximum absolute atomic E-state index is 12.2. The monoisotopic (exact) mass is 266 g/mol. The lowest BCUT2D eigenvalue weighted by atomic mass is 9.94. The molecular weight excluding hydrogens is 248 g/mol. The minimum Gasteiger partial charge on any atom is -0.496 e. The van der Waals surface area contributed by atoms with Crippen molar-refractivity contribution in [3.8, 4) is 11.5 Å². The summed E-state index contributed by atoms with van der Waals surface area (Å²) in [6.07, 6.45) is -0.210. The van der Waals surface area contributed by atoms with Crippen LogP contribution in [-0.2, 0) is 4.79 Å². The number of rotatable bonds is 6. The second kappa shape index (κ2) is 6.22. The summed E-state index contributed by atoms with van der Waals surface area (Å²) in [5, 5.41) is 8.74. The van der Waals surface area contributed by atoms with Crippen LogP contribution in [-0.4, -0.2) is 31.1 Å². The third-order valence-corrected chi connectivity index (χ3v) is 2.91. The van der Waals surface area contributed by atoms with Gasteiger partial charge in [-0.3, -0.25) is 9.59 Å². The number of carbonyl (C=O) groups excluding carboxylic acids is 1. The molecule has 1 N–H and O–H groups in total. The summed E-state index contributed by atoms with van der Waals surface area (Å²) in [6.45, 7) is 3.43. The highest BCUT2D eigenvalue weighted by atomic mass is 16.5. The molecule has 5 nitrogen and oxygen atoms in total. The van der Waals surface area contributed by atoms with Crippen LogP contribution in [0, 0.1) is 12.8 Å². The van der Waals surface area contributed by atoms with E-state index in [1.807, 2.05) is 6.92 Å². The van der Waals surface area contributed by atoms with Crippen molar-refractivity contribution in [2.45, 2.75) is 20.3 Å². The van der Waals surface area contributed by atoms with E-state index < -0.39 is 11.9 Å². The zero-order valence-corrected chi connectivity index (χ0v) is 11.5. The van der Waals surface area contributed by atoms with Crippen LogP contribution in [0.5, 0.6) is 11.5 Å². The molecule has 19 heavy (non-hydrogen) atoms. The number of ketones is 1. The number of hydrogen-bond acceptors (Lipinski definition) is 4. The first-order chi connectivity index (χ1) is 8.90. The fourth-order valence-electron chi connectivity index (χ4n) is 1.86. The van der Waals surface area contributed by atoms with E-state index in [4.69, 9.17) is 14.6 Å². The molecule has 104 valence electrons. The lowest BCUT2D eigenvalue weighted by Crippen LogP contribution is -2.16. The number of aryl methyl sites for hydroxylation is 1. The Kier molecular flexibility index (Phi) is 4.92. The van der Waals surface area contributed by atoms with Crippen molar-refractivity contribution in [3.63, 3.8) is 0 Å². The second-order valence-electron chi connectivity index (χ2n) is 4.39. The average Bonchev–Trinajstić information content (AvgIpc) is 2.36. The number of carbonyl (C=O) groups is 2. The number of ether oxygens (including phenoxy) is 2. The molecule has 0 bridgehead atoms. The van der Waals surface area contributed by atoms with Gasteiger partial charge in [0.2, 0.25) is 0 Å². The molecule has 0 amide bonds. The van der Waals surface area contributed by atoms with Crippen LogP contribution < -0.4 is 9.47 Å².